The molecule has 6 aromatic rings. The summed E-state index contributed by atoms with van der Waals surface area (Å²) in [6, 6.07) is 21.0. The molecule has 0 spiro atoms. The molecule has 2 aromatic heterocycles. The van der Waals surface area contributed by atoms with Crippen molar-refractivity contribution in [3.05, 3.63) is 144 Å². The van der Waals surface area contributed by atoms with E-state index in [2.05, 4.69) is 52.5 Å². The summed E-state index contributed by atoms with van der Waals surface area (Å²) < 4.78 is 0. The summed E-state index contributed by atoms with van der Waals surface area (Å²) in [5.74, 6) is -11.3. The number of H-pyrrole nitrogens is 2. The fourth-order valence-electron chi connectivity index (χ4n) is 9.13. The minimum absolute atomic E-state index is 0.0466. The van der Waals surface area contributed by atoms with Gasteiger partial charge in [0.15, 0.2) is 0 Å². The number of benzene rings is 4. The maximum Gasteiger partial charge on any atom is 0.326 e. The first-order valence-corrected chi connectivity index (χ1v) is 26.7. The van der Waals surface area contributed by atoms with Crippen molar-refractivity contribution >= 4 is 86.9 Å². The van der Waals surface area contributed by atoms with Gasteiger partial charge in [0, 0.05) is 53.5 Å². The fraction of sp³-hybridized carbons (Fsp3) is 0.328. The van der Waals surface area contributed by atoms with Crippen LogP contribution in [0.2, 0.25) is 0 Å². The average molecular weight is 1140 g/mol. The molecule has 0 radical (unpaired) electrons. The number of carboxylic acid groups (broad SMARTS) is 2. The first-order chi connectivity index (χ1) is 39.6. The van der Waals surface area contributed by atoms with Gasteiger partial charge in [-0.25, -0.2) is 4.79 Å². The van der Waals surface area contributed by atoms with Crippen LogP contribution in [0.3, 0.4) is 0 Å². The van der Waals surface area contributed by atoms with Crippen LogP contribution in [0.15, 0.2) is 122 Å². The monoisotopic (exact) mass is 1140 g/mol. The third kappa shape index (κ3) is 19.1. The first-order valence-electron chi connectivity index (χ1n) is 26.7. The highest BCUT2D eigenvalue weighted by Gasteiger charge is 2.34. The van der Waals surface area contributed by atoms with Crippen LogP contribution in [0.1, 0.15) is 55.4 Å². The number of nitrogens with two attached hydrogens (primary N) is 2. The van der Waals surface area contributed by atoms with E-state index in [0.717, 1.165) is 22.0 Å². The van der Waals surface area contributed by atoms with Gasteiger partial charge < -0.3 is 74.2 Å². The highest BCUT2D eigenvalue weighted by atomic mass is 16.4. The van der Waals surface area contributed by atoms with Gasteiger partial charge in [0.1, 0.15) is 36.3 Å². The van der Waals surface area contributed by atoms with Crippen LogP contribution in [0.25, 0.3) is 21.8 Å². The summed E-state index contributed by atoms with van der Waals surface area (Å²) in [6.45, 7) is 2.08. The largest absolute Gasteiger partial charge is 0.481 e. The lowest BCUT2D eigenvalue weighted by molar-refractivity contribution is -0.143. The Balaban J connectivity index is 1.09. The number of fused-ring (bicyclic) bond motifs is 2. The van der Waals surface area contributed by atoms with Crippen LogP contribution >= 0.6 is 0 Å². The van der Waals surface area contributed by atoms with E-state index in [1.54, 1.807) is 111 Å². The van der Waals surface area contributed by atoms with Crippen LogP contribution in [-0.2, 0) is 78.4 Å². The van der Waals surface area contributed by atoms with Gasteiger partial charge in [0.2, 0.25) is 53.2 Å². The van der Waals surface area contributed by atoms with Crippen molar-refractivity contribution in [2.24, 2.45) is 17.4 Å². The normalized spacial score (nSPS) is 13.6. The van der Waals surface area contributed by atoms with Gasteiger partial charge in [-0.3, -0.25) is 47.9 Å². The third-order valence-electron chi connectivity index (χ3n) is 13.3. The van der Waals surface area contributed by atoms with Crippen LogP contribution < -0.4 is 54.0 Å². The molecule has 9 amide bonds. The number of carbonyl (C=O) groups excluding carboxylic acids is 9. The quantitative estimate of drug-likeness (QED) is 0.0270. The van der Waals surface area contributed by atoms with Crippen LogP contribution in [0.4, 0.5) is 0 Å². The van der Waals surface area contributed by atoms with E-state index in [0.29, 0.717) is 22.1 Å². The van der Waals surface area contributed by atoms with E-state index in [1.165, 1.54) is 0 Å². The van der Waals surface area contributed by atoms with E-state index in [1.807, 2.05) is 24.3 Å². The summed E-state index contributed by atoms with van der Waals surface area (Å²) in [5, 5.41) is 40.8. The molecule has 4 aromatic carbocycles. The second-order valence-corrected chi connectivity index (χ2v) is 20.3. The lowest BCUT2D eigenvalue weighted by Gasteiger charge is -2.24. The Bertz CT molecular complexity index is 3290. The van der Waals surface area contributed by atoms with E-state index in [9.17, 15) is 63.0 Å². The number of carboxylic acids is 2. The highest BCUT2D eigenvalue weighted by molar-refractivity contribution is 5.99. The molecule has 0 aliphatic rings. The number of hydrogen-bond acceptors (Lipinski definition) is 12. The van der Waals surface area contributed by atoms with Gasteiger partial charge in [-0.1, -0.05) is 111 Å². The SMILES string of the molecule is CC(C)C[C@H](NC(=O)CNC(=O)[C@H](Cc1c[nH]c2ccccc12)NC(=O)[C@H](CC(N)=O)NC(=O)[C@@H](N)Cc1c[nH]c2ccccc12)C(=O)NCC(=O)N[C@@H](Cc1ccccc1)C(=O)N[C@@H](CC(=O)O)C(=O)N[C@@H](Cc1ccccc1)C(=O)O. The zero-order valence-electron chi connectivity index (χ0n) is 45.6. The average Bonchev–Trinajstić information content (AvgIpc) is 4.32. The van der Waals surface area contributed by atoms with Crippen LogP contribution in [-0.4, -0.2) is 141 Å². The highest BCUT2D eigenvalue weighted by Crippen LogP contribution is 2.21. The Labute approximate surface area is 476 Å². The molecule has 16 N–H and O–H groups in total. The van der Waals surface area contributed by atoms with E-state index in [-0.39, 0.29) is 38.0 Å². The van der Waals surface area contributed by atoms with Gasteiger partial charge >= 0.3 is 11.9 Å². The number of aliphatic carboxylic acids is 2. The number of rotatable bonds is 31. The Morgan fingerprint density at radius 1 is 0.458 bits per heavy atom. The first kappa shape index (κ1) is 62.3. The number of aromatic nitrogens is 2. The Kier molecular flexibility index (Phi) is 22.6. The molecular weight excluding hydrogens is 1070 g/mol. The Morgan fingerprint density at radius 3 is 1.37 bits per heavy atom. The molecule has 438 valence electrons. The van der Waals surface area contributed by atoms with E-state index in [4.69, 9.17) is 11.5 Å². The van der Waals surface area contributed by atoms with Gasteiger partial charge in [0.25, 0.3) is 0 Å². The van der Waals surface area contributed by atoms with Crippen molar-refractivity contribution < 1.29 is 63.0 Å². The topological polar surface area (TPSA) is 408 Å². The minimum atomic E-state index is -1.78. The van der Waals surface area contributed by atoms with Crippen molar-refractivity contribution in [2.75, 3.05) is 13.1 Å². The predicted molar refractivity (Wildman–Crippen MR) is 303 cm³/mol. The van der Waals surface area contributed by atoms with Crippen molar-refractivity contribution in [3.63, 3.8) is 0 Å². The number of carbonyl (C=O) groups is 11. The molecule has 83 heavy (non-hydrogen) atoms. The molecule has 0 bridgehead atoms. The van der Waals surface area contributed by atoms with Gasteiger partial charge in [0.05, 0.1) is 32.0 Å². The van der Waals surface area contributed by atoms with E-state index >= 15 is 0 Å². The van der Waals surface area contributed by atoms with Crippen molar-refractivity contribution in [3.8, 4) is 0 Å². The number of aromatic amines is 2. The van der Waals surface area contributed by atoms with Crippen molar-refractivity contribution in [1.82, 2.24) is 52.5 Å². The smallest absolute Gasteiger partial charge is 0.326 e. The van der Waals surface area contributed by atoms with Gasteiger partial charge in [-0.2, -0.15) is 0 Å². The molecule has 0 saturated heterocycles. The molecule has 0 aliphatic heterocycles. The van der Waals surface area contributed by atoms with E-state index < -0.39 is 133 Å². The lowest BCUT2D eigenvalue weighted by atomic mass is 10.0. The summed E-state index contributed by atoms with van der Waals surface area (Å²) >= 11 is 0. The molecule has 0 fully saturated rings. The third-order valence-corrected chi connectivity index (χ3v) is 13.3. The summed E-state index contributed by atoms with van der Waals surface area (Å²) in [7, 11) is 0. The molecule has 7 atom stereocenters. The molecule has 2 heterocycles. The van der Waals surface area contributed by atoms with Crippen molar-refractivity contribution in [1.29, 1.82) is 0 Å². The molecule has 25 nitrogen and oxygen atoms in total. The molecular formula is C58H68N12O13. The summed E-state index contributed by atoms with van der Waals surface area (Å²) in [4.78, 5) is 152. The van der Waals surface area contributed by atoms with Crippen molar-refractivity contribution in [2.45, 2.75) is 101 Å². The second-order valence-electron chi connectivity index (χ2n) is 20.3. The lowest BCUT2D eigenvalue weighted by Crippen LogP contribution is -2.58. The number of amides is 9. The fourth-order valence-corrected chi connectivity index (χ4v) is 9.13. The number of hydrogen-bond donors (Lipinski definition) is 14. The maximum atomic E-state index is 14.1. The number of para-hydroxylation sites is 2. The standard InChI is InChI=1S/C58H68N12O13/c1-32(2)21-42(53(77)63-31-50(73)66-43(22-33-13-5-3-6-14-33)55(79)69-46(27-51(74)75)57(81)70-47(58(82)83)23-34-15-7-4-8-16-34)65-49(72)30-64-54(78)44(25-36-29-62-41-20-12-10-18-38(36)41)68-56(80)45(26-48(60)71)67-52(76)39(59)24-35-28-61-40-19-11-9-17-37(35)40/h3-20,28-29,32,39,42-47,61-62H,21-27,30-31,59H2,1-2H3,(H2,60,71)(H,63,77)(H,64,78)(H,65,72)(H,66,73)(H,67,76)(H,68,80)(H,69,79)(H,70,81)(H,74,75)(H,82,83)/t39-,42-,43-,44-,45-,46-,47-/m0/s1. The second kappa shape index (κ2) is 30.1. The summed E-state index contributed by atoms with van der Waals surface area (Å²) in [5.41, 5.74) is 15.8. The molecule has 0 saturated carbocycles. The molecule has 6 rings (SSSR count). The molecule has 0 unspecified atom stereocenters. The number of primary amides is 1. The van der Waals surface area contributed by atoms with Gasteiger partial charge in [-0.05, 0) is 53.1 Å². The molecule has 25 heteroatoms. The molecule has 0 aliphatic carbocycles. The summed E-state index contributed by atoms with van der Waals surface area (Å²) in [6.07, 6.45) is 1.39. The minimum Gasteiger partial charge on any atom is -0.481 e. The zero-order valence-corrected chi connectivity index (χ0v) is 45.6. The van der Waals surface area contributed by atoms with Gasteiger partial charge in [-0.15, -0.1) is 0 Å². The Morgan fingerprint density at radius 2 is 0.867 bits per heavy atom. The predicted octanol–water partition coefficient (Wildman–Crippen LogP) is -0.131. The van der Waals surface area contributed by atoms with Crippen LogP contribution in [0, 0.1) is 5.92 Å². The number of nitrogens with one attached hydrogen (secondary N) is 10. The maximum absolute atomic E-state index is 14.1. The zero-order chi connectivity index (χ0) is 60.2. The van der Waals surface area contributed by atoms with Crippen LogP contribution in [0.5, 0.6) is 0 Å². The Hall–Kier alpha value is -9.91.